The third kappa shape index (κ3) is 3.88. The van der Waals surface area contributed by atoms with Crippen molar-refractivity contribution in [1.29, 1.82) is 0 Å². The van der Waals surface area contributed by atoms with Crippen LogP contribution in [0.2, 0.25) is 0 Å². The van der Waals surface area contributed by atoms with Gasteiger partial charge in [0.15, 0.2) is 0 Å². The first-order valence-electron chi connectivity index (χ1n) is 6.41. The molecule has 1 aromatic carbocycles. The number of nitrogens with one attached hydrogen (secondary N) is 2. The maximum Gasteiger partial charge on any atom is 0.337 e. The molecule has 0 atom stereocenters. The van der Waals surface area contributed by atoms with Crippen LogP contribution in [0.5, 0.6) is 0 Å². The molecule has 2 N–H and O–H groups in total. The molecule has 2 amide bonds. The number of carbonyl (C=O) groups is 3. The minimum Gasteiger partial charge on any atom is -0.465 e. The van der Waals surface area contributed by atoms with E-state index in [1.165, 1.54) is 7.11 Å². The number of esters is 1. The normalized spacial score (nSPS) is 14.0. The molecule has 0 saturated heterocycles. The standard InChI is InChI=1S/C14H15N3O4/c1-21-14(20)10-4-2-9(3-5-10)8-15-13(19)11-6-7-12(18)17-16-11/h2-5H,6-8H2,1H3,(H,15,19)(H,17,18). The van der Waals surface area contributed by atoms with Gasteiger partial charge in [-0.15, -0.1) is 0 Å². The van der Waals surface area contributed by atoms with Gasteiger partial charge in [0.2, 0.25) is 5.91 Å². The van der Waals surface area contributed by atoms with Gasteiger partial charge in [-0.3, -0.25) is 9.59 Å². The third-order valence-electron chi connectivity index (χ3n) is 2.99. The Labute approximate surface area is 121 Å². The van der Waals surface area contributed by atoms with Crippen LogP contribution in [0.1, 0.15) is 28.8 Å². The van der Waals surface area contributed by atoms with Crippen LogP contribution in [-0.4, -0.2) is 30.6 Å². The Hall–Kier alpha value is -2.70. The molecule has 0 aliphatic carbocycles. The second-order valence-electron chi connectivity index (χ2n) is 4.46. The van der Waals surface area contributed by atoms with Crippen LogP contribution in [0.25, 0.3) is 0 Å². The monoisotopic (exact) mass is 289 g/mol. The Balaban J connectivity index is 1.89. The molecule has 2 rings (SSSR count). The fourth-order valence-corrected chi connectivity index (χ4v) is 1.80. The van der Waals surface area contributed by atoms with E-state index < -0.39 is 5.97 Å². The molecule has 110 valence electrons. The highest BCUT2D eigenvalue weighted by molar-refractivity contribution is 6.39. The summed E-state index contributed by atoms with van der Waals surface area (Å²) in [6.07, 6.45) is 0.596. The van der Waals surface area contributed by atoms with E-state index in [0.29, 0.717) is 24.2 Å². The Morgan fingerprint density at radius 2 is 2.00 bits per heavy atom. The van der Waals surface area contributed by atoms with Crippen LogP contribution < -0.4 is 10.7 Å². The molecule has 7 nitrogen and oxygen atoms in total. The van der Waals surface area contributed by atoms with E-state index in [2.05, 4.69) is 20.6 Å². The average Bonchev–Trinajstić information content (AvgIpc) is 2.53. The van der Waals surface area contributed by atoms with E-state index in [0.717, 1.165) is 5.56 Å². The first-order chi connectivity index (χ1) is 10.1. The lowest BCUT2D eigenvalue weighted by molar-refractivity contribution is -0.121. The highest BCUT2D eigenvalue weighted by Gasteiger charge is 2.17. The van der Waals surface area contributed by atoms with Crippen molar-refractivity contribution < 1.29 is 19.1 Å². The Kier molecular flexibility index (Phi) is 4.65. The molecule has 0 aromatic heterocycles. The molecule has 1 aliphatic heterocycles. The summed E-state index contributed by atoms with van der Waals surface area (Å²) in [6.45, 7) is 0.313. The quantitative estimate of drug-likeness (QED) is 0.782. The summed E-state index contributed by atoms with van der Waals surface area (Å²) in [7, 11) is 1.32. The average molecular weight is 289 g/mol. The highest BCUT2D eigenvalue weighted by atomic mass is 16.5. The lowest BCUT2D eigenvalue weighted by atomic mass is 10.1. The number of methoxy groups -OCH3 is 1. The summed E-state index contributed by atoms with van der Waals surface area (Å²) in [5, 5.41) is 6.42. The van der Waals surface area contributed by atoms with Crippen molar-refractivity contribution >= 4 is 23.5 Å². The van der Waals surface area contributed by atoms with E-state index in [1.807, 2.05) is 0 Å². The molecule has 0 fully saturated rings. The topological polar surface area (TPSA) is 96.9 Å². The van der Waals surface area contributed by atoms with Crippen molar-refractivity contribution in [3.63, 3.8) is 0 Å². The van der Waals surface area contributed by atoms with Crippen LogP contribution in [0.3, 0.4) is 0 Å². The van der Waals surface area contributed by atoms with Crippen molar-refractivity contribution in [2.24, 2.45) is 5.10 Å². The molecular weight excluding hydrogens is 274 g/mol. The van der Waals surface area contributed by atoms with Crippen molar-refractivity contribution in [2.75, 3.05) is 7.11 Å². The summed E-state index contributed by atoms with van der Waals surface area (Å²) < 4.78 is 4.60. The van der Waals surface area contributed by atoms with Crippen LogP contribution >= 0.6 is 0 Å². The summed E-state index contributed by atoms with van der Waals surface area (Å²) in [5.41, 5.74) is 3.88. The van der Waals surface area contributed by atoms with Crippen molar-refractivity contribution in [3.05, 3.63) is 35.4 Å². The van der Waals surface area contributed by atoms with Gasteiger partial charge in [0.05, 0.1) is 12.7 Å². The van der Waals surface area contributed by atoms with Crippen LogP contribution in [-0.2, 0) is 20.9 Å². The molecule has 0 radical (unpaired) electrons. The maximum atomic E-state index is 11.8. The number of hydrogen-bond donors (Lipinski definition) is 2. The first-order valence-corrected chi connectivity index (χ1v) is 6.41. The first kappa shape index (κ1) is 14.7. The lowest BCUT2D eigenvalue weighted by Crippen LogP contribution is -2.36. The molecule has 1 heterocycles. The molecule has 0 saturated carbocycles. The predicted molar refractivity (Wildman–Crippen MR) is 74.4 cm³/mol. The third-order valence-corrected chi connectivity index (χ3v) is 2.99. The molecule has 0 bridgehead atoms. The minimum atomic E-state index is -0.405. The molecule has 7 heteroatoms. The summed E-state index contributed by atoms with van der Waals surface area (Å²) >= 11 is 0. The fourth-order valence-electron chi connectivity index (χ4n) is 1.80. The van der Waals surface area contributed by atoms with Crippen molar-refractivity contribution in [3.8, 4) is 0 Å². The van der Waals surface area contributed by atoms with Gasteiger partial charge >= 0.3 is 5.97 Å². The van der Waals surface area contributed by atoms with E-state index in [9.17, 15) is 14.4 Å². The zero-order valence-corrected chi connectivity index (χ0v) is 11.5. The largest absolute Gasteiger partial charge is 0.465 e. The van der Waals surface area contributed by atoms with Gasteiger partial charge in [0.1, 0.15) is 5.71 Å². The Morgan fingerprint density at radius 1 is 1.29 bits per heavy atom. The van der Waals surface area contributed by atoms with E-state index >= 15 is 0 Å². The van der Waals surface area contributed by atoms with E-state index in [-0.39, 0.29) is 18.2 Å². The van der Waals surface area contributed by atoms with Gasteiger partial charge in [0, 0.05) is 19.4 Å². The minimum absolute atomic E-state index is 0.190. The van der Waals surface area contributed by atoms with Gasteiger partial charge in [-0.05, 0) is 17.7 Å². The molecule has 0 unspecified atom stereocenters. The fraction of sp³-hybridized carbons (Fsp3) is 0.286. The summed E-state index contributed by atoms with van der Waals surface area (Å²) in [4.78, 5) is 34.0. The van der Waals surface area contributed by atoms with Crippen LogP contribution in [0.4, 0.5) is 0 Å². The number of rotatable bonds is 4. The van der Waals surface area contributed by atoms with Gasteiger partial charge in [-0.2, -0.15) is 5.10 Å². The van der Waals surface area contributed by atoms with Crippen molar-refractivity contribution in [1.82, 2.24) is 10.7 Å². The predicted octanol–water partition coefficient (Wildman–Crippen LogP) is 0.355. The highest BCUT2D eigenvalue weighted by Crippen LogP contribution is 2.06. The second kappa shape index (κ2) is 6.65. The van der Waals surface area contributed by atoms with Gasteiger partial charge in [0.25, 0.3) is 5.91 Å². The molecular formula is C14H15N3O4. The Bertz CT molecular complexity index is 593. The number of hydrazone groups is 1. The molecule has 1 aliphatic rings. The van der Waals surface area contributed by atoms with E-state index in [1.54, 1.807) is 24.3 Å². The number of hydrogen-bond acceptors (Lipinski definition) is 5. The number of nitrogens with zero attached hydrogens (tertiary/aromatic N) is 1. The molecule has 1 aromatic rings. The summed E-state index contributed by atoms with van der Waals surface area (Å²) in [6, 6.07) is 6.73. The Morgan fingerprint density at radius 3 is 2.57 bits per heavy atom. The SMILES string of the molecule is COC(=O)c1ccc(CNC(=O)C2=NNC(=O)CC2)cc1. The number of benzene rings is 1. The van der Waals surface area contributed by atoms with Crippen LogP contribution in [0, 0.1) is 0 Å². The number of ether oxygens (including phenoxy) is 1. The van der Waals surface area contributed by atoms with Gasteiger partial charge < -0.3 is 10.1 Å². The maximum absolute atomic E-state index is 11.8. The number of carbonyl (C=O) groups excluding carboxylic acids is 3. The van der Waals surface area contributed by atoms with Gasteiger partial charge in [-0.25, -0.2) is 10.2 Å². The molecule has 21 heavy (non-hydrogen) atoms. The smallest absolute Gasteiger partial charge is 0.337 e. The summed E-state index contributed by atoms with van der Waals surface area (Å²) in [5.74, 6) is -0.908. The van der Waals surface area contributed by atoms with E-state index in [4.69, 9.17) is 0 Å². The van der Waals surface area contributed by atoms with Gasteiger partial charge in [-0.1, -0.05) is 12.1 Å². The van der Waals surface area contributed by atoms with Crippen LogP contribution in [0.15, 0.2) is 29.4 Å². The number of amides is 2. The lowest BCUT2D eigenvalue weighted by Gasteiger charge is -2.12. The zero-order chi connectivity index (χ0) is 15.2. The van der Waals surface area contributed by atoms with Crippen molar-refractivity contribution in [2.45, 2.75) is 19.4 Å². The zero-order valence-electron chi connectivity index (χ0n) is 11.5. The molecule has 0 spiro atoms. The second-order valence-corrected chi connectivity index (χ2v) is 4.46.